The van der Waals surface area contributed by atoms with Gasteiger partial charge >= 0.3 is 6.03 Å². The predicted octanol–water partition coefficient (Wildman–Crippen LogP) is 2.74. The van der Waals surface area contributed by atoms with Crippen LogP contribution in [0.3, 0.4) is 0 Å². The van der Waals surface area contributed by atoms with Crippen LogP contribution in [0.4, 0.5) is 10.6 Å². The summed E-state index contributed by atoms with van der Waals surface area (Å²) in [4.78, 5) is 27.7. The van der Waals surface area contributed by atoms with Gasteiger partial charge in [0.15, 0.2) is 5.82 Å². The average Bonchev–Trinajstić information content (AvgIpc) is 3.08. The third kappa shape index (κ3) is 3.70. The first kappa shape index (κ1) is 22.9. The number of H-pyrrole nitrogens is 1. The second-order valence-electron chi connectivity index (χ2n) is 10.2. The second-order valence-corrected chi connectivity index (χ2v) is 14.7. The van der Waals surface area contributed by atoms with Gasteiger partial charge in [-0.15, -0.1) is 0 Å². The van der Waals surface area contributed by atoms with Crippen LogP contribution in [0, 0.1) is 5.92 Å². The predicted molar refractivity (Wildman–Crippen MR) is 122 cm³/mol. The minimum atomic E-state index is -1.06. The number of fused-ring (bicyclic) bond motifs is 1. The lowest BCUT2D eigenvalue weighted by molar-refractivity contribution is -0.120. The fourth-order valence-electron chi connectivity index (χ4n) is 4.30. The highest BCUT2D eigenvalue weighted by Crippen LogP contribution is 2.60. The van der Waals surface area contributed by atoms with Crippen LogP contribution < -0.4 is 10.6 Å². The number of anilines is 1. The molecule has 8 nitrogen and oxygen atoms in total. The Morgan fingerprint density at radius 1 is 1.27 bits per heavy atom. The Kier molecular flexibility index (Phi) is 5.92. The lowest BCUT2D eigenvalue weighted by atomic mass is 9.83. The molecular formula is C21H37N5O3S. The van der Waals surface area contributed by atoms with Crippen LogP contribution in [0.25, 0.3) is 0 Å². The lowest BCUT2D eigenvalue weighted by Gasteiger charge is -2.53. The number of hydrogen-bond donors (Lipinski definition) is 4. The molecule has 1 unspecified atom stereocenters. The van der Waals surface area contributed by atoms with Crippen molar-refractivity contribution in [3.63, 3.8) is 0 Å². The first-order valence-corrected chi connectivity index (χ1v) is 13.5. The van der Waals surface area contributed by atoms with Gasteiger partial charge in [0.1, 0.15) is 0 Å². The molecule has 1 saturated carbocycles. The van der Waals surface area contributed by atoms with Gasteiger partial charge in [-0.1, -0.05) is 13.8 Å². The molecule has 1 aliphatic carbocycles. The van der Waals surface area contributed by atoms with E-state index in [9.17, 15) is 14.7 Å². The number of amides is 3. The minimum Gasteiger partial charge on any atom is -0.391 e. The van der Waals surface area contributed by atoms with E-state index < -0.39 is 21.7 Å². The Bertz CT molecular complexity index is 823. The van der Waals surface area contributed by atoms with E-state index in [2.05, 4.69) is 39.6 Å². The number of nitrogens with zero attached hydrogens (tertiary/aromatic N) is 2. The number of aliphatic hydroxyl groups is 1. The average molecular weight is 440 g/mol. The van der Waals surface area contributed by atoms with Crippen LogP contribution in [-0.4, -0.2) is 68.3 Å². The van der Waals surface area contributed by atoms with Crippen molar-refractivity contribution in [1.29, 1.82) is 0 Å². The van der Waals surface area contributed by atoms with E-state index in [1.54, 1.807) is 4.90 Å². The third-order valence-electron chi connectivity index (χ3n) is 6.93. The molecule has 1 atom stereocenters. The van der Waals surface area contributed by atoms with Gasteiger partial charge < -0.3 is 20.6 Å². The van der Waals surface area contributed by atoms with Crippen molar-refractivity contribution < 1.29 is 14.7 Å². The highest BCUT2D eigenvalue weighted by atomic mass is 32.3. The Balaban J connectivity index is 1.75. The highest BCUT2D eigenvalue weighted by Gasteiger charge is 2.51. The molecule has 4 N–H and O–H groups in total. The Morgan fingerprint density at radius 3 is 2.40 bits per heavy atom. The number of carbonyl (C=O) groups excluding carboxylic acids is 2. The Labute approximate surface area is 180 Å². The molecule has 2 aliphatic rings. The first-order valence-electron chi connectivity index (χ1n) is 10.6. The number of carbonyl (C=O) groups is 2. The number of nitrogens with one attached hydrogen (secondary N) is 3. The van der Waals surface area contributed by atoms with Crippen molar-refractivity contribution in [2.24, 2.45) is 5.92 Å². The molecule has 0 bridgehead atoms. The summed E-state index contributed by atoms with van der Waals surface area (Å²) in [5, 5.41) is 23.3. The molecule has 1 aliphatic heterocycles. The molecule has 0 aromatic carbocycles. The standard InChI is InChI=1S/C21H37N5O3S/c1-13(2)15(27)11-22-19(29)26-12-14-16(20(26,3)4)24-25-17(14)23-18(28)21(9-8-10-21)30(5,6)7/h13,15,27H,8-12H2,1-7H3,(H,22,29)(H2,23,24,25,28). The number of urea groups is 1. The van der Waals surface area contributed by atoms with Gasteiger partial charge in [-0.25, -0.2) is 14.8 Å². The second kappa shape index (κ2) is 7.75. The van der Waals surface area contributed by atoms with Gasteiger partial charge in [-0.2, -0.15) is 5.10 Å². The maximum absolute atomic E-state index is 13.2. The van der Waals surface area contributed by atoms with E-state index in [-0.39, 0.29) is 29.1 Å². The molecule has 0 saturated heterocycles. The maximum atomic E-state index is 13.2. The van der Waals surface area contributed by atoms with Crippen LogP contribution >= 0.6 is 10.0 Å². The quantitative estimate of drug-likeness (QED) is 0.546. The monoisotopic (exact) mass is 439 g/mol. The van der Waals surface area contributed by atoms with Gasteiger partial charge in [0.2, 0.25) is 5.91 Å². The van der Waals surface area contributed by atoms with Crippen LogP contribution in [0.2, 0.25) is 0 Å². The fraction of sp³-hybridized carbons (Fsp3) is 0.762. The van der Waals surface area contributed by atoms with Crippen molar-refractivity contribution >= 4 is 27.8 Å². The molecule has 30 heavy (non-hydrogen) atoms. The Hall–Kier alpha value is -1.74. The van der Waals surface area contributed by atoms with Crippen molar-refractivity contribution in [1.82, 2.24) is 20.4 Å². The van der Waals surface area contributed by atoms with Crippen LogP contribution in [-0.2, 0) is 16.9 Å². The number of aromatic amines is 1. The van der Waals surface area contributed by atoms with Crippen molar-refractivity contribution in [3.05, 3.63) is 11.3 Å². The molecule has 3 amide bonds. The van der Waals surface area contributed by atoms with Gasteiger partial charge in [0.05, 0.1) is 28.6 Å². The number of aliphatic hydroxyl groups excluding tert-OH is 1. The summed E-state index contributed by atoms with van der Waals surface area (Å²) in [5.41, 5.74) is 1.09. The topological polar surface area (TPSA) is 110 Å². The zero-order chi connectivity index (χ0) is 22.5. The van der Waals surface area contributed by atoms with E-state index in [1.165, 1.54) is 0 Å². The lowest BCUT2D eigenvalue weighted by Crippen LogP contribution is -2.51. The number of aromatic nitrogens is 2. The Morgan fingerprint density at radius 2 is 1.90 bits per heavy atom. The summed E-state index contributed by atoms with van der Waals surface area (Å²) in [6.45, 7) is 8.29. The molecule has 2 heterocycles. The molecule has 9 heteroatoms. The van der Waals surface area contributed by atoms with Crippen molar-refractivity contribution in [2.75, 3.05) is 30.6 Å². The zero-order valence-electron chi connectivity index (χ0n) is 19.3. The molecule has 3 rings (SSSR count). The summed E-state index contributed by atoms with van der Waals surface area (Å²) >= 11 is 0. The summed E-state index contributed by atoms with van der Waals surface area (Å²) < 4.78 is -0.295. The molecule has 170 valence electrons. The number of rotatable bonds is 6. The van der Waals surface area contributed by atoms with Crippen molar-refractivity contribution in [2.45, 2.75) is 69.9 Å². The highest BCUT2D eigenvalue weighted by molar-refractivity contribution is 8.33. The van der Waals surface area contributed by atoms with E-state index in [0.29, 0.717) is 12.4 Å². The summed E-state index contributed by atoms with van der Waals surface area (Å²) in [6, 6.07) is -0.240. The maximum Gasteiger partial charge on any atom is 0.318 e. The third-order valence-corrected chi connectivity index (χ3v) is 9.86. The molecule has 1 aromatic heterocycles. The molecule has 1 fully saturated rings. The summed E-state index contributed by atoms with van der Waals surface area (Å²) in [7, 11) is -1.06. The van der Waals surface area contributed by atoms with Crippen molar-refractivity contribution in [3.8, 4) is 0 Å². The van der Waals surface area contributed by atoms with Gasteiger partial charge in [-0.3, -0.25) is 9.89 Å². The van der Waals surface area contributed by atoms with Gasteiger partial charge in [0.25, 0.3) is 0 Å². The smallest absolute Gasteiger partial charge is 0.318 e. The zero-order valence-corrected chi connectivity index (χ0v) is 20.1. The molecule has 1 aromatic rings. The van der Waals surface area contributed by atoms with E-state index in [0.717, 1.165) is 30.5 Å². The van der Waals surface area contributed by atoms with Gasteiger partial charge in [0, 0.05) is 12.1 Å². The minimum absolute atomic E-state index is 0.0475. The van der Waals surface area contributed by atoms with Crippen LogP contribution in [0.15, 0.2) is 0 Å². The molecule has 0 radical (unpaired) electrons. The molecule has 0 spiro atoms. The van der Waals surface area contributed by atoms with Crippen LogP contribution in [0.5, 0.6) is 0 Å². The fourth-order valence-corrected chi connectivity index (χ4v) is 6.43. The van der Waals surface area contributed by atoms with Crippen LogP contribution in [0.1, 0.15) is 58.2 Å². The SMILES string of the molecule is CC(C)C(O)CNC(=O)N1Cc2c(NC(=O)C3(S(C)(C)C)CCC3)n[nH]c2C1(C)C. The first-order chi connectivity index (χ1) is 13.8. The van der Waals surface area contributed by atoms with E-state index >= 15 is 0 Å². The van der Waals surface area contributed by atoms with E-state index in [1.807, 2.05) is 27.7 Å². The summed E-state index contributed by atoms with van der Waals surface area (Å²) in [5.74, 6) is 0.640. The largest absolute Gasteiger partial charge is 0.391 e. The normalized spacial score (nSPS) is 21.0. The van der Waals surface area contributed by atoms with E-state index in [4.69, 9.17) is 0 Å². The molecular weight excluding hydrogens is 402 g/mol. The van der Waals surface area contributed by atoms with Gasteiger partial charge in [-0.05, 0) is 57.8 Å². The summed E-state index contributed by atoms with van der Waals surface area (Å²) in [6.07, 6.45) is 8.92. The number of hydrogen-bond acceptors (Lipinski definition) is 4.